The number of rotatable bonds is 4. The Kier molecular flexibility index (Phi) is 3.31. The summed E-state index contributed by atoms with van der Waals surface area (Å²) >= 11 is 1.96. The first-order valence-electron chi connectivity index (χ1n) is 6.66. The van der Waals surface area contributed by atoms with Crippen molar-refractivity contribution in [2.75, 3.05) is 23.9 Å². The average Bonchev–Trinajstić information content (AvgIpc) is 3.02. The lowest BCUT2D eigenvalue weighted by Gasteiger charge is -2.26. The zero-order chi connectivity index (χ0) is 13.3. The van der Waals surface area contributed by atoms with Crippen LogP contribution in [0.3, 0.4) is 0 Å². The fourth-order valence-corrected chi connectivity index (χ4v) is 3.64. The van der Waals surface area contributed by atoms with Gasteiger partial charge in [0.15, 0.2) is 5.58 Å². The lowest BCUT2D eigenvalue weighted by atomic mass is 10.1. The fraction of sp³-hybridized carbons (Fsp3) is 0.500. The zero-order valence-corrected chi connectivity index (χ0v) is 11.9. The summed E-state index contributed by atoms with van der Waals surface area (Å²) in [6.07, 6.45) is 7.39. The SMILES string of the molecule is CSC1(CNc2nc3ccc(N)cc3o2)CCCC1. The van der Waals surface area contributed by atoms with Gasteiger partial charge in [-0.3, -0.25) is 0 Å². The predicted octanol–water partition coefficient (Wildman–Crippen LogP) is 3.50. The van der Waals surface area contributed by atoms with E-state index in [1.54, 1.807) is 0 Å². The van der Waals surface area contributed by atoms with Crippen LogP contribution in [0.15, 0.2) is 22.6 Å². The summed E-state index contributed by atoms with van der Waals surface area (Å²) in [4.78, 5) is 4.44. The van der Waals surface area contributed by atoms with Crippen LogP contribution in [0.4, 0.5) is 11.7 Å². The van der Waals surface area contributed by atoms with Crippen LogP contribution in [0.1, 0.15) is 25.7 Å². The average molecular weight is 277 g/mol. The Hall–Kier alpha value is -1.36. The Balaban J connectivity index is 1.74. The molecule has 1 aliphatic rings. The van der Waals surface area contributed by atoms with Crippen molar-refractivity contribution in [3.05, 3.63) is 18.2 Å². The summed E-state index contributed by atoms with van der Waals surface area (Å²) in [5.74, 6) is 0. The van der Waals surface area contributed by atoms with Crippen molar-refractivity contribution in [2.24, 2.45) is 0 Å². The highest BCUT2D eigenvalue weighted by Crippen LogP contribution is 2.40. The smallest absolute Gasteiger partial charge is 0.295 e. The standard InChI is InChI=1S/C14H19N3OS/c1-19-14(6-2-3-7-14)9-16-13-17-11-5-4-10(15)8-12(11)18-13/h4-5,8H,2-3,6-7,9,15H2,1H3,(H,16,17). The van der Waals surface area contributed by atoms with Gasteiger partial charge in [0.25, 0.3) is 6.01 Å². The highest BCUT2D eigenvalue weighted by atomic mass is 32.2. The minimum atomic E-state index is 0.347. The van der Waals surface area contributed by atoms with Gasteiger partial charge in [0.05, 0.1) is 0 Å². The first-order valence-corrected chi connectivity index (χ1v) is 7.88. The highest BCUT2D eigenvalue weighted by Gasteiger charge is 2.33. The fourth-order valence-electron chi connectivity index (χ4n) is 2.73. The molecule has 0 unspecified atom stereocenters. The van der Waals surface area contributed by atoms with Gasteiger partial charge in [0.2, 0.25) is 0 Å². The van der Waals surface area contributed by atoms with E-state index < -0.39 is 0 Å². The van der Waals surface area contributed by atoms with Crippen LogP contribution in [-0.4, -0.2) is 22.5 Å². The largest absolute Gasteiger partial charge is 0.423 e. The number of anilines is 2. The third-order valence-electron chi connectivity index (χ3n) is 3.92. The van der Waals surface area contributed by atoms with E-state index in [9.17, 15) is 0 Å². The quantitative estimate of drug-likeness (QED) is 0.837. The molecule has 1 aromatic carbocycles. The second-order valence-corrected chi connectivity index (χ2v) is 6.47. The van der Waals surface area contributed by atoms with Gasteiger partial charge in [-0.05, 0) is 31.2 Å². The molecule has 1 aliphatic carbocycles. The van der Waals surface area contributed by atoms with E-state index in [2.05, 4.69) is 16.6 Å². The lowest BCUT2D eigenvalue weighted by molar-refractivity contribution is 0.586. The Morgan fingerprint density at radius 1 is 1.42 bits per heavy atom. The summed E-state index contributed by atoms with van der Waals surface area (Å²) in [5.41, 5.74) is 8.03. The van der Waals surface area contributed by atoms with E-state index >= 15 is 0 Å². The molecule has 0 amide bonds. The van der Waals surface area contributed by atoms with Crippen molar-refractivity contribution in [1.29, 1.82) is 0 Å². The first-order chi connectivity index (χ1) is 9.21. The monoisotopic (exact) mass is 277 g/mol. The van der Waals surface area contributed by atoms with Gasteiger partial charge >= 0.3 is 0 Å². The third-order valence-corrected chi connectivity index (χ3v) is 5.34. The van der Waals surface area contributed by atoms with E-state index in [4.69, 9.17) is 10.2 Å². The van der Waals surface area contributed by atoms with E-state index in [-0.39, 0.29) is 0 Å². The van der Waals surface area contributed by atoms with Gasteiger partial charge in [-0.2, -0.15) is 16.7 Å². The number of nitrogen functional groups attached to an aromatic ring is 1. The van der Waals surface area contributed by atoms with Crippen LogP contribution < -0.4 is 11.1 Å². The number of nitrogens with zero attached hydrogens (tertiary/aromatic N) is 1. The third kappa shape index (κ3) is 2.52. The number of hydrogen-bond donors (Lipinski definition) is 2. The molecule has 1 heterocycles. The molecule has 0 bridgehead atoms. The molecular weight excluding hydrogens is 258 g/mol. The van der Waals surface area contributed by atoms with Crippen molar-refractivity contribution in [2.45, 2.75) is 30.4 Å². The molecule has 0 aliphatic heterocycles. The molecule has 102 valence electrons. The predicted molar refractivity (Wildman–Crippen MR) is 81.6 cm³/mol. The molecule has 19 heavy (non-hydrogen) atoms. The minimum Gasteiger partial charge on any atom is -0.423 e. The Bertz CT molecular complexity index is 575. The molecule has 1 saturated carbocycles. The molecule has 0 radical (unpaired) electrons. The number of aromatic nitrogens is 1. The maximum absolute atomic E-state index is 5.74. The molecule has 3 N–H and O–H groups in total. The molecule has 0 spiro atoms. The van der Waals surface area contributed by atoms with Crippen molar-refractivity contribution in [3.63, 3.8) is 0 Å². The number of nitrogens with one attached hydrogen (secondary N) is 1. The van der Waals surface area contributed by atoms with Crippen LogP contribution in [0.5, 0.6) is 0 Å². The summed E-state index contributed by atoms with van der Waals surface area (Å²) in [6, 6.07) is 6.14. The van der Waals surface area contributed by atoms with Gasteiger partial charge in [0, 0.05) is 23.0 Å². The van der Waals surface area contributed by atoms with Gasteiger partial charge in [0.1, 0.15) is 5.52 Å². The van der Waals surface area contributed by atoms with Crippen molar-refractivity contribution in [3.8, 4) is 0 Å². The molecule has 5 heteroatoms. The normalized spacial score (nSPS) is 17.9. The topological polar surface area (TPSA) is 64.1 Å². The van der Waals surface area contributed by atoms with Crippen molar-refractivity contribution >= 4 is 34.6 Å². The van der Waals surface area contributed by atoms with E-state index in [1.807, 2.05) is 30.0 Å². The van der Waals surface area contributed by atoms with Crippen LogP contribution in [0.25, 0.3) is 11.1 Å². The van der Waals surface area contributed by atoms with Crippen LogP contribution in [0.2, 0.25) is 0 Å². The number of thioether (sulfide) groups is 1. The second-order valence-electron chi connectivity index (χ2n) is 5.19. The summed E-state index contributed by atoms with van der Waals surface area (Å²) in [5, 5.41) is 3.35. The minimum absolute atomic E-state index is 0.347. The second kappa shape index (κ2) is 4.96. The molecule has 4 nitrogen and oxygen atoms in total. The molecule has 2 aromatic rings. The summed E-state index contributed by atoms with van der Waals surface area (Å²) < 4.78 is 6.03. The van der Waals surface area contributed by atoms with E-state index in [0.29, 0.717) is 16.4 Å². The zero-order valence-electron chi connectivity index (χ0n) is 11.1. The number of oxazole rings is 1. The number of hydrogen-bond acceptors (Lipinski definition) is 5. The molecule has 0 atom stereocenters. The highest BCUT2D eigenvalue weighted by molar-refractivity contribution is 8.00. The molecule has 1 fully saturated rings. The van der Waals surface area contributed by atoms with Crippen molar-refractivity contribution in [1.82, 2.24) is 4.98 Å². The molecular formula is C14H19N3OS. The Labute approximate surface area is 117 Å². The van der Waals surface area contributed by atoms with Crippen LogP contribution in [0, 0.1) is 0 Å². The van der Waals surface area contributed by atoms with Gasteiger partial charge in [-0.25, -0.2) is 0 Å². The summed E-state index contributed by atoms with van der Waals surface area (Å²) in [7, 11) is 0. The van der Waals surface area contributed by atoms with Gasteiger partial charge in [-0.1, -0.05) is 12.8 Å². The number of fused-ring (bicyclic) bond motifs is 1. The molecule has 3 rings (SSSR count). The molecule has 0 saturated heterocycles. The van der Waals surface area contributed by atoms with Crippen LogP contribution in [-0.2, 0) is 0 Å². The van der Waals surface area contributed by atoms with Crippen molar-refractivity contribution < 1.29 is 4.42 Å². The Morgan fingerprint density at radius 3 is 2.95 bits per heavy atom. The number of nitrogens with two attached hydrogens (primary N) is 1. The first kappa shape index (κ1) is 12.7. The Morgan fingerprint density at radius 2 is 2.21 bits per heavy atom. The summed E-state index contributed by atoms with van der Waals surface area (Å²) in [6.45, 7) is 0.913. The van der Waals surface area contributed by atoms with E-state index in [1.165, 1.54) is 25.7 Å². The van der Waals surface area contributed by atoms with Crippen LogP contribution >= 0.6 is 11.8 Å². The lowest BCUT2D eigenvalue weighted by Crippen LogP contribution is -2.30. The van der Waals surface area contributed by atoms with E-state index in [0.717, 1.165) is 17.6 Å². The molecule has 1 aromatic heterocycles. The van der Waals surface area contributed by atoms with Gasteiger partial charge < -0.3 is 15.5 Å². The number of benzene rings is 1. The maximum Gasteiger partial charge on any atom is 0.295 e. The van der Waals surface area contributed by atoms with Gasteiger partial charge in [-0.15, -0.1) is 0 Å². The maximum atomic E-state index is 5.74.